The molecule has 0 spiro atoms. The van der Waals surface area contributed by atoms with Crippen molar-refractivity contribution in [1.29, 1.82) is 0 Å². The van der Waals surface area contributed by atoms with Gasteiger partial charge in [-0.05, 0) is 55.3 Å². The molecule has 184 valence electrons. The van der Waals surface area contributed by atoms with Crippen LogP contribution in [0.1, 0.15) is 48.5 Å². The number of aliphatic hydroxyl groups is 1. The highest BCUT2D eigenvalue weighted by molar-refractivity contribution is 5.83. The zero-order valence-electron chi connectivity index (χ0n) is 19.3. The first-order chi connectivity index (χ1) is 16.7. The number of carboxylic acids is 1. The number of fused-ring (bicyclic) bond motifs is 1. The van der Waals surface area contributed by atoms with E-state index in [1.807, 2.05) is 12.1 Å². The number of carbonyl (C=O) groups excluding carboxylic acids is 1. The lowest BCUT2D eigenvalue weighted by atomic mass is 9.96. The van der Waals surface area contributed by atoms with Crippen LogP contribution < -0.4 is 10.1 Å². The predicted octanol–water partition coefficient (Wildman–Crippen LogP) is 4.55. The zero-order chi connectivity index (χ0) is 25.5. The highest BCUT2D eigenvalue weighted by atomic mass is 19.1. The van der Waals surface area contributed by atoms with E-state index >= 15 is 0 Å². The molecule has 2 unspecified atom stereocenters. The summed E-state index contributed by atoms with van der Waals surface area (Å²) in [6.45, 7) is 3.52. The van der Waals surface area contributed by atoms with Gasteiger partial charge in [-0.2, -0.15) is 0 Å². The molecule has 3 aromatic rings. The molecule has 3 N–H and O–H groups in total. The second kappa shape index (κ2) is 11.6. The summed E-state index contributed by atoms with van der Waals surface area (Å²) in [7, 11) is 0. The minimum absolute atomic E-state index is 0.208. The SMILES string of the molecule is C[C@H](C(=O)NC1COc2ccccc2C1O)c1ccc(F)cc1.C[C@H](C(=O)O)c1ccc(F)cc1. The van der Waals surface area contributed by atoms with Crippen molar-refractivity contribution < 1.29 is 33.3 Å². The molecule has 0 fully saturated rings. The Kier molecular flexibility index (Phi) is 8.54. The normalized spacial score (nSPS) is 18.1. The average molecular weight is 484 g/mol. The number of rotatable bonds is 5. The lowest BCUT2D eigenvalue weighted by Crippen LogP contribution is -2.46. The number of para-hydroxylation sites is 1. The summed E-state index contributed by atoms with van der Waals surface area (Å²) in [6, 6.07) is 18.0. The van der Waals surface area contributed by atoms with E-state index in [1.54, 1.807) is 38.1 Å². The van der Waals surface area contributed by atoms with Crippen molar-refractivity contribution >= 4 is 11.9 Å². The number of benzene rings is 3. The summed E-state index contributed by atoms with van der Waals surface area (Å²) >= 11 is 0. The highest BCUT2D eigenvalue weighted by Crippen LogP contribution is 2.32. The maximum absolute atomic E-state index is 13.0. The van der Waals surface area contributed by atoms with Crippen LogP contribution in [0.2, 0.25) is 0 Å². The number of amides is 1. The Balaban J connectivity index is 0.000000241. The number of carbonyl (C=O) groups is 2. The smallest absolute Gasteiger partial charge is 0.310 e. The van der Waals surface area contributed by atoms with Crippen molar-refractivity contribution in [2.75, 3.05) is 6.61 Å². The number of aliphatic hydroxyl groups excluding tert-OH is 1. The van der Waals surface area contributed by atoms with Gasteiger partial charge in [0.1, 0.15) is 30.1 Å². The van der Waals surface area contributed by atoms with Crippen molar-refractivity contribution in [3.8, 4) is 5.75 Å². The second-order valence-electron chi connectivity index (χ2n) is 8.29. The molecule has 1 amide bonds. The van der Waals surface area contributed by atoms with Crippen LogP contribution in [-0.2, 0) is 9.59 Å². The topological polar surface area (TPSA) is 95.9 Å². The Labute approximate surface area is 202 Å². The fourth-order valence-corrected chi connectivity index (χ4v) is 3.57. The third-order valence-corrected chi connectivity index (χ3v) is 5.87. The zero-order valence-corrected chi connectivity index (χ0v) is 19.3. The molecule has 1 heterocycles. The van der Waals surface area contributed by atoms with Crippen molar-refractivity contribution in [1.82, 2.24) is 5.32 Å². The number of halogens is 2. The van der Waals surface area contributed by atoms with Gasteiger partial charge in [0, 0.05) is 5.56 Å². The summed E-state index contributed by atoms with van der Waals surface area (Å²) in [5.74, 6) is -2.21. The fraction of sp³-hybridized carbons (Fsp3) is 0.259. The molecule has 0 aromatic heterocycles. The molecule has 0 aliphatic carbocycles. The summed E-state index contributed by atoms with van der Waals surface area (Å²) in [5, 5.41) is 21.8. The van der Waals surface area contributed by atoms with Crippen LogP contribution in [0.25, 0.3) is 0 Å². The largest absolute Gasteiger partial charge is 0.491 e. The first-order valence-corrected chi connectivity index (χ1v) is 11.1. The van der Waals surface area contributed by atoms with E-state index in [0.29, 0.717) is 16.9 Å². The van der Waals surface area contributed by atoms with Gasteiger partial charge in [-0.15, -0.1) is 0 Å². The summed E-state index contributed by atoms with van der Waals surface area (Å²) in [4.78, 5) is 22.9. The molecule has 0 saturated heterocycles. The standard InChI is InChI=1S/C18H18FNO3.C9H9FO2/c1-11(12-6-8-13(19)9-7-12)18(22)20-15-10-23-16-5-3-2-4-14(16)17(15)21;1-6(9(11)12)7-2-4-8(10)5-3-7/h2-9,11,15,17,21H,10H2,1H3,(H,20,22);2-6H,1H3,(H,11,12)/t11-,15?,17?;6-/m00/s1. The van der Waals surface area contributed by atoms with Crippen molar-refractivity contribution in [2.24, 2.45) is 0 Å². The minimum Gasteiger partial charge on any atom is -0.491 e. The molecule has 35 heavy (non-hydrogen) atoms. The summed E-state index contributed by atoms with van der Waals surface area (Å²) < 4.78 is 31.0. The van der Waals surface area contributed by atoms with Crippen molar-refractivity contribution in [2.45, 2.75) is 37.8 Å². The van der Waals surface area contributed by atoms with Crippen LogP contribution in [0, 0.1) is 11.6 Å². The van der Waals surface area contributed by atoms with Crippen LogP contribution >= 0.6 is 0 Å². The van der Waals surface area contributed by atoms with Crippen LogP contribution in [-0.4, -0.2) is 34.7 Å². The van der Waals surface area contributed by atoms with Gasteiger partial charge in [-0.25, -0.2) is 8.78 Å². The fourth-order valence-electron chi connectivity index (χ4n) is 3.57. The molecule has 4 atom stereocenters. The predicted molar refractivity (Wildman–Crippen MR) is 126 cm³/mol. The van der Waals surface area contributed by atoms with Gasteiger partial charge in [0.25, 0.3) is 0 Å². The molecule has 4 rings (SSSR count). The van der Waals surface area contributed by atoms with Crippen LogP contribution in [0.3, 0.4) is 0 Å². The Morgan fingerprint density at radius 1 is 0.886 bits per heavy atom. The average Bonchev–Trinajstić information content (AvgIpc) is 2.86. The number of ether oxygens (including phenoxy) is 1. The summed E-state index contributed by atoms with van der Waals surface area (Å²) in [6.07, 6.45) is -0.815. The molecule has 3 aromatic carbocycles. The third-order valence-electron chi connectivity index (χ3n) is 5.87. The first kappa shape index (κ1) is 25.8. The van der Waals surface area contributed by atoms with Crippen molar-refractivity contribution in [3.05, 3.63) is 101 Å². The number of nitrogens with one attached hydrogen (secondary N) is 1. The van der Waals surface area contributed by atoms with Gasteiger partial charge in [-0.1, -0.05) is 42.5 Å². The molecule has 1 aliphatic rings. The molecular formula is C27H27F2NO5. The maximum Gasteiger partial charge on any atom is 0.310 e. The minimum atomic E-state index is -0.901. The van der Waals surface area contributed by atoms with Crippen molar-refractivity contribution in [3.63, 3.8) is 0 Å². The van der Waals surface area contributed by atoms with Gasteiger partial charge in [0.05, 0.1) is 17.9 Å². The van der Waals surface area contributed by atoms with E-state index < -0.39 is 30.0 Å². The second-order valence-corrected chi connectivity index (χ2v) is 8.29. The van der Waals surface area contributed by atoms with Gasteiger partial charge in [0.2, 0.25) is 5.91 Å². The number of aliphatic carboxylic acids is 1. The molecule has 8 heteroatoms. The quantitative estimate of drug-likeness (QED) is 0.495. The molecule has 1 aliphatic heterocycles. The maximum atomic E-state index is 13.0. The monoisotopic (exact) mass is 483 g/mol. The van der Waals surface area contributed by atoms with E-state index in [0.717, 1.165) is 5.56 Å². The molecule has 0 saturated carbocycles. The van der Waals surface area contributed by atoms with Gasteiger partial charge >= 0.3 is 5.97 Å². The molecule has 6 nitrogen and oxygen atoms in total. The van der Waals surface area contributed by atoms with E-state index in [2.05, 4.69) is 5.32 Å². The number of hydrogen-bond donors (Lipinski definition) is 3. The number of carboxylic acid groups (broad SMARTS) is 1. The van der Waals surface area contributed by atoms with Gasteiger partial charge in [-0.3, -0.25) is 9.59 Å². The molecular weight excluding hydrogens is 456 g/mol. The number of hydrogen-bond acceptors (Lipinski definition) is 4. The molecule has 0 radical (unpaired) electrons. The van der Waals surface area contributed by atoms with Crippen LogP contribution in [0.4, 0.5) is 8.78 Å². The van der Waals surface area contributed by atoms with E-state index in [9.17, 15) is 23.5 Å². The Morgan fingerprint density at radius 2 is 1.40 bits per heavy atom. The summed E-state index contributed by atoms with van der Waals surface area (Å²) in [5.41, 5.74) is 2.00. The first-order valence-electron chi connectivity index (χ1n) is 11.1. The van der Waals surface area contributed by atoms with E-state index in [4.69, 9.17) is 9.84 Å². The van der Waals surface area contributed by atoms with Gasteiger partial charge in [0.15, 0.2) is 0 Å². The van der Waals surface area contributed by atoms with E-state index in [-0.39, 0.29) is 24.1 Å². The Bertz CT molecular complexity index is 1150. The molecule has 0 bridgehead atoms. The van der Waals surface area contributed by atoms with Crippen LogP contribution in [0.15, 0.2) is 72.8 Å². The lowest BCUT2D eigenvalue weighted by Gasteiger charge is -2.31. The lowest BCUT2D eigenvalue weighted by molar-refractivity contribution is -0.138. The Morgan fingerprint density at radius 3 is 1.94 bits per heavy atom. The third kappa shape index (κ3) is 6.64. The van der Waals surface area contributed by atoms with E-state index in [1.165, 1.54) is 36.4 Å². The highest BCUT2D eigenvalue weighted by Gasteiger charge is 2.31. The van der Waals surface area contributed by atoms with Gasteiger partial charge < -0.3 is 20.3 Å². The van der Waals surface area contributed by atoms with Crippen LogP contribution in [0.5, 0.6) is 5.75 Å². The Hall–Kier alpha value is -3.78.